The van der Waals surface area contributed by atoms with Crippen LogP contribution in [0.2, 0.25) is 0 Å². The monoisotopic (exact) mass is 452 g/mol. The average molecular weight is 453 g/mol. The van der Waals surface area contributed by atoms with Crippen molar-refractivity contribution < 1.29 is 13.2 Å². The molecule has 0 bridgehead atoms. The maximum Gasteiger partial charge on any atom is 0.167 e. The van der Waals surface area contributed by atoms with Crippen LogP contribution < -0.4 is 0 Å². The van der Waals surface area contributed by atoms with Gasteiger partial charge >= 0.3 is 0 Å². The second kappa shape index (κ2) is 10.8. The number of rotatable bonds is 8. The third-order valence-corrected chi connectivity index (χ3v) is 8.01. The van der Waals surface area contributed by atoms with Gasteiger partial charge in [-0.05, 0) is 98.7 Å². The molecule has 0 heterocycles. The molecule has 0 radical (unpaired) electrons. The van der Waals surface area contributed by atoms with Gasteiger partial charge in [-0.3, -0.25) is 0 Å². The summed E-state index contributed by atoms with van der Waals surface area (Å²) >= 11 is 0. The van der Waals surface area contributed by atoms with E-state index in [1.165, 1.54) is 31.7 Å². The number of hydrogen-bond donors (Lipinski definition) is 0. The Balaban J connectivity index is 1.48. The molecule has 2 saturated carbocycles. The van der Waals surface area contributed by atoms with Crippen LogP contribution in [0.4, 0.5) is 13.2 Å². The minimum Gasteiger partial charge on any atom is -0.206 e. The number of halogens is 3. The fourth-order valence-corrected chi connectivity index (χ4v) is 6.17. The summed E-state index contributed by atoms with van der Waals surface area (Å²) in [6.45, 7) is 7.52. The lowest BCUT2D eigenvalue weighted by Crippen LogP contribution is -2.30. The zero-order valence-corrected chi connectivity index (χ0v) is 19.5. The molecule has 0 aliphatic heterocycles. The zero-order valence-electron chi connectivity index (χ0n) is 19.5. The first-order valence-corrected chi connectivity index (χ1v) is 12.5. The highest BCUT2D eigenvalue weighted by Crippen LogP contribution is 2.49. The molecule has 2 aromatic rings. The lowest BCUT2D eigenvalue weighted by Gasteiger charge is -2.42. The summed E-state index contributed by atoms with van der Waals surface area (Å²) in [5.41, 5.74) is 1.40. The summed E-state index contributed by atoms with van der Waals surface area (Å²) < 4.78 is 45.0. The van der Waals surface area contributed by atoms with Crippen LogP contribution in [0.1, 0.15) is 74.8 Å². The fraction of sp³-hybridized carbons (Fsp3) is 0.467. The Hall–Kier alpha value is -2.29. The minimum absolute atomic E-state index is 0.000401. The van der Waals surface area contributed by atoms with Crippen molar-refractivity contribution in [3.05, 3.63) is 84.2 Å². The summed E-state index contributed by atoms with van der Waals surface area (Å²) in [4.78, 5) is 0. The van der Waals surface area contributed by atoms with Gasteiger partial charge in [0.05, 0.1) is 0 Å². The van der Waals surface area contributed by atoms with Gasteiger partial charge in [-0.2, -0.15) is 0 Å². The molecule has 0 aromatic heterocycles. The summed E-state index contributed by atoms with van der Waals surface area (Å²) in [5, 5.41) is 0. The van der Waals surface area contributed by atoms with E-state index in [0.717, 1.165) is 43.6 Å². The molecule has 4 atom stereocenters. The van der Waals surface area contributed by atoms with Crippen LogP contribution in [0.25, 0.3) is 11.1 Å². The maximum absolute atomic E-state index is 15.2. The van der Waals surface area contributed by atoms with Crippen molar-refractivity contribution in [3.63, 3.8) is 0 Å². The van der Waals surface area contributed by atoms with Gasteiger partial charge in [0, 0.05) is 11.1 Å². The summed E-state index contributed by atoms with van der Waals surface area (Å²) in [7, 11) is 0. The van der Waals surface area contributed by atoms with Gasteiger partial charge in [0.1, 0.15) is 5.82 Å². The molecule has 0 spiro atoms. The SMILES string of the molecule is C=CCCc1ccc(-c2ccc(C3CCC4CC(CCC=C)CCC4C3)c(F)c2F)c(F)c1. The number of aryl methyl sites for hydroxylation is 1. The molecular weight excluding hydrogens is 417 g/mol. The van der Waals surface area contributed by atoms with Crippen LogP contribution in [0.5, 0.6) is 0 Å². The molecule has 2 aliphatic carbocycles. The quantitative estimate of drug-likeness (QED) is 0.350. The molecular formula is C30H35F3. The molecule has 4 rings (SSSR count). The molecule has 33 heavy (non-hydrogen) atoms. The molecule has 0 nitrogen and oxygen atoms in total. The molecule has 176 valence electrons. The Kier molecular flexibility index (Phi) is 7.78. The second-order valence-electron chi connectivity index (χ2n) is 10.0. The van der Waals surface area contributed by atoms with Crippen LogP contribution in [0, 0.1) is 35.2 Å². The largest absolute Gasteiger partial charge is 0.206 e. The van der Waals surface area contributed by atoms with E-state index in [1.807, 2.05) is 6.08 Å². The predicted molar refractivity (Wildman–Crippen MR) is 131 cm³/mol. The highest BCUT2D eigenvalue weighted by molar-refractivity contribution is 5.66. The van der Waals surface area contributed by atoms with Crippen molar-refractivity contribution in [2.24, 2.45) is 17.8 Å². The Morgan fingerprint density at radius 2 is 1.52 bits per heavy atom. The summed E-state index contributed by atoms with van der Waals surface area (Å²) in [6.07, 6.45) is 14.1. The van der Waals surface area contributed by atoms with Crippen molar-refractivity contribution in [3.8, 4) is 11.1 Å². The van der Waals surface area contributed by atoms with Gasteiger partial charge in [-0.1, -0.05) is 42.8 Å². The van der Waals surface area contributed by atoms with Crippen molar-refractivity contribution >= 4 is 0 Å². The Morgan fingerprint density at radius 1 is 0.788 bits per heavy atom. The smallest absolute Gasteiger partial charge is 0.167 e. The highest BCUT2D eigenvalue weighted by Gasteiger charge is 2.37. The molecule has 2 aromatic carbocycles. The van der Waals surface area contributed by atoms with E-state index in [2.05, 4.69) is 13.2 Å². The number of benzene rings is 2. The molecule has 2 fully saturated rings. The minimum atomic E-state index is -0.930. The highest BCUT2D eigenvalue weighted by atomic mass is 19.2. The van der Waals surface area contributed by atoms with Crippen LogP contribution in [-0.2, 0) is 6.42 Å². The molecule has 0 saturated heterocycles. The average Bonchev–Trinajstić information content (AvgIpc) is 2.83. The Bertz CT molecular complexity index is 992. The van der Waals surface area contributed by atoms with Gasteiger partial charge in [-0.15, -0.1) is 13.2 Å². The van der Waals surface area contributed by atoms with Gasteiger partial charge in [-0.25, -0.2) is 13.2 Å². The number of fused-ring (bicyclic) bond motifs is 1. The molecule has 0 N–H and O–H groups in total. The van der Waals surface area contributed by atoms with Crippen LogP contribution in [-0.4, -0.2) is 0 Å². The van der Waals surface area contributed by atoms with Crippen molar-refractivity contribution in [2.45, 2.75) is 70.1 Å². The van der Waals surface area contributed by atoms with Crippen molar-refractivity contribution in [1.29, 1.82) is 0 Å². The van der Waals surface area contributed by atoms with E-state index in [-0.39, 0.29) is 17.0 Å². The third-order valence-electron chi connectivity index (χ3n) is 8.01. The Labute approximate surface area is 196 Å². The summed E-state index contributed by atoms with van der Waals surface area (Å²) in [5.74, 6) is -0.0994. The maximum atomic E-state index is 15.2. The third kappa shape index (κ3) is 5.28. The second-order valence-corrected chi connectivity index (χ2v) is 10.0. The van der Waals surface area contributed by atoms with Gasteiger partial charge in [0.2, 0.25) is 0 Å². The molecule has 2 aliphatic rings. The van der Waals surface area contributed by atoms with Crippen molar-refractivity contribution in [2.75, 3.05) is 0 Å². The van der Waals surface area contributed by atoms with E-state index in [4.69, 9.17) is 0 Å². The van der Waals surface area contributed by atoms with Gasteiger partial charge in [0.25, 0.3) is 0 Å². The first-order valence-electron chi connectivity index (χ1n) is 12.5. The normalized spacial score (nSPS) is 24.8. The number of allylic oxidation sites excluding steroid dienone is 2. The van der Waals surface area contributed by atoms with Gasteiger partial charge in [0.15, 0.2) is 11.6 Å². The summed E-state index contributed by atoms with van der Waals surface area (Å²) in [6, 6.07) is 8.01. The molecule has 0 amide bonds. The first kappa shape index (κ1) is 23.9. The predicted octanol–water partition coefficient (Wildman–Crippen LogP) is 9.16. The lowest BCUT2D eigenvalue weighted by atomic mass is 9.63. The Morgan fingerprint density at radius 3 is 2.27 bits per heavy atom. The van der Waals surface area contributed by atoms with Crippen LogP contribution >= 0.6 is 0 Å². The lowest BCUT2D eigenvalue weighted by molar-refractivity contribution is 0.114. The molecule has 3 heteroatoms. The van der Waals surface area contributed by atoms with E-state index in [9.17, 15) is 4.39 Å². The van der Waals surface area contributed by atoms with E-state index in [0.29, 0.717) is 23.8 Å². The topological polar surface area (TPSA) is 0 Å². The standard InChI is InChI=1S/C30H35F3/c1-3-5-7-20-9-11-23-19-24(13-12-22(23)17-20)25-15-16-27(30(33)29(25)32)26-14-10-21(8-6-4-2)18-28(26)31/h3-4,10,14-16,18,20,22-24H,1-2,5-9,11-13,17,19H2. The fourth-order valence-electron chi connectivity index (χ4n) is 6.17. The van der Waals surface area contributed by atoms with E-state index >= 15 is 8.78 Å². The van der Waals surface area contributed by atoms with Crippen molar-refractivity contribution in [1.82, 2.24) is 0 Å². The molecule has 4 unspecified atom stereocenters. The first-order chi connectivity index (χ1) is 16.0. The van der Waals surface area contributed by atoms with Crippen LogP contribution in [0.15, 0.2) is 55.6 Å². The van der Waals surface area contributed by atoms with Gasteiger partial charge < -0.3 is 0 Å². The zero-order chi connectivity index (χ0) is 23.4. The van der Waals surface area contributed by atoms with E-state index < -0.39 is 17.5 Å². The van der Waals surface area contributed by atoms with E-state index in [1.54, 1.807) is 30.3 Å². The van der Waals surface area contributed by atoms with Crippen LogP contribution in [0.3, 0.4) is 0 Å². The number of hydrogen-bond acceptors (Lipinski definition) is 0.